The number of carbonyl (C=O) groups is 1. The van der Waals surface area contributed by atoms with Gasteiger partial charge >= 0.3 is 5.97 Å². The largest absolute Gasteiger partial charge is 0.496 e. The van der Waals surface area contributed by atoms with Crippen LogP contribution in [0.2, 0.25) is 0 Å². The van der Waals surface area contributed by atoms with Crippen molar-refractivity contribution >= 4 is 23.4 Å². The molecule has 0 fully saturated rings. The standard InChI is InChI=1S/C32H30N2O5S/c1-5-38-31(36)28-21(3)33-32-34(29(28)23-12-7-6-8-13-23)30(35)27(40-32)18-22-15-16-26(37-4)24(17-22)19-39-25-14-10-9-11-20(25)2/h6-18,29H,5,19H2,1-4H3/b27-18+/t29-/m1/s1. The first-order chi connectivity index (χ1) is 19.4. The highest BCUT2D eigenvalue weighted by Gasteiger charge is 2.33. The average molecular weight is 555 g/mol. The van der Waals surface area contributed by atoms with Gasteiger partial charge in [-0.25, -0.2) is 9.79 Å². The first-order valence-corrected chi connectivity index (χ1v) is 13.8. The number of ether oxygens (including phenoxy) is 3. The molecule has 1 aromatic heterocycles. The molecule has 1 atom stereocenters. The summed E-state index contributed by atoms with van der Waals surface area (Å²) in [6.07, 6.45) is 1.84. The number of aromatic nitrogens is 1. The summed E-state index contributed by atoms with van der Waals surface area (Å²) in [6.45, 7) is 6.08. The summed E-state index contributed by atoms with van der Waals surface area (Å²) in [5.74, 6) is 1.03. The summed E-state index contributed by atoms with van der Waals surface area (Å²) in [5, 5.41) is 0. The Morgan fingerprint density at radius 2 is 1.77 bits per heavy atom. The number of hydrogen-bond acceptors (Lipinski definition) is 7. The van der Waals surface area contributed by atoms with Gasteiger partial charge in [-0.3, -0.25) is 9.36 Å². The fourth-order valence-corrected chi connectivity index (χ4v) is 5.82. The van der Waals surface area contributed by atoms with E-state index in [4.69, 9.17) is 14.2 Å². The zero-order valence-corrected chi connectivity index (χ0v) is 23.7. The molecule has 1 aliphatic heterocycles. The van der Waals surface area contributed by atoms with E-state index in [0.29, 0.717) is 33.0 Å². The van der Waals surface area contributed by atoms with Crippen LogP contribution in [0.15, 0.2) is 93.9 Å². The maximum Gasteiger partial charge on any atom is 0.338 e. The normalized spacial score (nSPS) is 14.9. The summed E-state index contributed by atoms with van der Waals surface area (Å²) in [5.41, 5.74) is 4.23. The molecule has 0 amide bonds. The number of carbonyl (C=O) groups excluding carboxylic acids is 1. The Kier molecular flexibility index (Phi) is 7.98. The second-order valence-electron chi connectivity index (χ2n) is 9.34. The van der Waals surface area contributed by atoms with E-state index in [1.165, 1.54) is 11.3 Å². The third-order valence-electron chi connectivity index (χ3n) is 6.71. The number of hydrogen-bond donors (Lipinski definition) is 0. The Bertz CT molecular complexity index is 1770. The van der Waals surface area contributed by atoms with Crippen molar-refractivity contribution in [2.75, 3.05) is 13.7 Å². The molecule has 5 rings (SSSR count). The second kappa shape index (κ2) is 11.8. The predicted molar refractivity (Wildman–Crippen MR) is 155 cm³/mol. The van der Waals surface area contributed by atoms with Crippen LogP contribution in [0.1, 0.15) is 42.1 Å². The van der Waals surface area contributed by atoms with Gasteiger partial charge in [0.25, 0.3) is 5.56 Å². The van der Waals surface area contributed by atoms with Crippen LogP contribution in [-0.2, 0) is 16.1 Å². The van der Waals surface area contributed by atoms with E-state index in [1.807, 2.05) is 85.8 Å². The minimum absolute atomic E-state index is 0.222. The number of nitrogens with zero attached hydrogens (tertiary/aromatic N) is 2. The van der Waals surface area contributed by atoms with Gasteiger partial charge in [0.05, 0.1) is 35.6 Å². The van der Waals surface area contributed by atoms with Gasteiger partial charge in [-0.15, -0.1) is 0 Å². The SMILES string of the molecule is CCOC(=O)C1=C(C)N=c2s/c(=C/c3ccc(OC)c(COc4ccccc4C)c3)c(=O)n2[C@@H]1c1ccccc1. The van der Waals surface area contributed by atoms with E-state index >= 15 is 0 Å². The minimum atomic E-state index is -0.632. The number of methoxy groups -OCH3 is 1. The Morgan fingerprint density at radius 1 is 1.02 bits per heavy atom. The zero-order valence-electron chi connectivity index (χ0n) is 22.8. The number of fused-ring (bicyclic) bond motifs is 1. The van der Waals surface area contributed by atoms with Crippen LogP contribution in [0, 0.1) is 6.92 Å². The van der Waals surface area contributed by atoms with Gasteiger partial charge in [-0.05, 0) is 61.7 Å². The molecular weight excluding hydrogens is 524 g/mol. The highest BCUT2D eigenvalue weighted by atomic mass is 32.1. The third kappa shape index (κ3) is 5.35. The van der Waals surface area contributed by atoms with Crippen LogP contribution in [0.25, 0.3) is 6.08 Å². The summed E-state index contributed by atoms with van der Waals surface area (Å²) >= 11 is 1.29. The van der Waals surface area contributed by atoms with Gasteiger partial charge in [0.1, 0.15) is 18.1 Å². The molecule has 8 heteroatoms. The lowest BCUT2D eigenvalue weighted by Crippen LogP contribution is -2.39. The highest BCUT2D eigenvalue weighted by molar-refractivity contribution is 7.07. The van der Waals surface area contributed by atoms with Crippen molar-refractivity contribution in [3.05, 3.63) is 126 Å². The van der Waals surface area contributed by atoms with Crippen LogP contribution >= 0.6 is 11.3 Å². The molecule has 0 radical (unpaired) electrons. The van der Waals surface area contributed by atoms with E-state index in [1.54, 1.807) is 25.5 Å². The monoisotopic (exact) mass is 554 g/mol. The van der Waals surface area contributed by atoms with Gasteiger partial charge in [0, 0.05) is 5.56 Å². The first kappa shape index (κ1) is 27.1. The number of benzene rings is 3. The third-order valence-corrected chi connectivity index (χ3v) is 7.69. The number of esters is 1. The Morgan fingerprint density at radius 3 is 2.50 bits per heavy atom. The molecule has 3 aromatic carbocycles. The van der Waals surface area contributed by atoms with Gasteiger partial charge in [0.2, 0.25) is 0 Å². The van der Waals surface area contributed by atoms with Crippen molar-refractivity contribution < 1.29 is 19.0 Å². The quantitative estimate of drug-likeness (QED) is 0.295. The van der Waals surface area contributed by atoms with E-state index in [2.05, 4.69) is 4.99 Å². The molecule has 0 spiro atoms. The lowest BCUT2D eigenvalue weighted by atomic mass is 9.96. The molecule has 1 aliphatic rings. The Labute approximate surface area is 236 Å². The number of aryl methyl sites for hydroxylation is 1. The zero-order chi connectivity index (χ0) is 28.2. The summed E-state index contributed by atoms with van der Waals surface area (Å²) in [7, 11) is 1.62. The summed E-state index contributed by atoms with van der Waals surface area (Å²) in [4.78, 5) is 32.0. The van der Waals surface area contributed by atoms with Crippen LogP contribution in [0.5, 0.6) is 11.5 Å². The fraction of sp³-hybridized carbons (Fsp3) is 0.219. The van der Waals surface area contributed by atoms with Crippen molar-refractivity contribution in [3.63, 3.8) is 0 Å². The lowest BCUT2D eigenvalue weighted by Gasteiger charge is -2.24. The second-order valence-corrected chi connectivity index (χ2v) is 10.3. The van der Waals surface area contributed by atoms with Crippen molar-refractivity contribution in [2.24, 2.45) is 4.99 Å². The van der Waals surface area contributed by atoms with Gasteiger partial charge in [0.15, 0.2) is 4.80 Å². The molecular formula is C32H30N2O5S. The molecule has 0 saturated heterocycles. The summed E-state index contributed by atoms with van der Waals surface area (Å²) < 4.78 is 19.1. The van der Waals surface area contributed by atoms with Crippen LogP contribution in [0.3, 0.4) is 0 Å². The van der Waals surface area contributed by atoms with Gasteiger partial charge < -0.3 is 14.2 Å². The molecule has 0 bridgehead atoms. The first-order valence-electron chi connectivity index (χ1n) is 13.0. The van der Waals surface area contributed by atoms with E-state index < -0.39 is 12.0 Å². The predicted octanol–water partition coefficient (Wildman–Crippen LogP) is 4.69. The fourth-order valence-electron chi connectivity index (χ4n) is 4.77. The van der Waals surface area contributed by atoms with Crippen molar-refractivity contribution in [1.29, 1.82) is 0 Å². The van der Waals surface area contributed by atoms with Crippen LogP contribution < -0.4 is 24.4 Å². The molecule has 7 nitrogen and oxygen atoms in total. The van der Waals surface area contributed by atoms with E-state index in [9.17, 15) is 9.59 Å². The van der Waals surface area contributed by atoms with Crippen LogP contribution in [0.4, 0.5) is 0 Å². The van der Waals surface area contributed by atoms with Gasteiger partial charge in [-0.1, -0.05) is 65.9 Å². The van der Waals surface area contributed by atoms with Crippen molar-refractivity contribution in [2.45, 2.75) is 33.4 Å². The maximum atomic E-state index is 13.8. The van der Waals surface area contributed by atoms with E-state index in [-0.39, 0.29) is 12.2 Å². The summed E-state index contributed by atoms with van der Waals surface area (Å²) in [6, 6.07) is 22.4. The van der Waals surface area contributed by atoms with Gasteiger partial charge in [-0.2, -0.15) is 0 Å². The number of allylic oxidation sites excluding steroid dienone is 1. The van der Waals surface area contributed by atoms with Crippen molar-refractivity contribution in [3.8, 4) is 11.5 Å². The molecule has 0 aliphatic carbocycles. The lowest BCUT2D eigenvalue weighted by molar-refractivity contribution is -0.139. The van der Waals surface area contributed by atoms with Crippen LogP contribution in [-0.4, -0.2) is 24.3 Å². The molecule has 0 unspecified atom stereocenters. The molecule has 4 aromatic rings. The average Bonchev–Trinajstić information content (AvgIpc) is 3.26. The highest BCUT2D eigenvalue weighted by Crippen LogP contribution is 2.30. The van der Waals surface area contributed by atoms with E-state index in [0.717, 1.165) is 28.0 Å². The number of rotatable bonds is 8. The Hall–Kier alpha value is -4.43. The smallest absolute Gasteiger partial charge is 0.338 e. The minimum Gasteiger partial charge on any atom is -0.496 e. The molecule has 2 heterocycles. The molecule has 40 heavy (non-hydrogen) atoms. The topological polar surface area (TPSA) is 79.1 Å². The molecule has 0 saturated carbocycles. The van der Waals surface area contributed by atoms with Crippen molar-refractivity contribution in [1.82, 2.24) is 4.57 Å². The molecule has 204 valence electrons. The number of thiazole rings is 1. The maximum absolute atomic E-state index is 13.8. The molecule has 0 N–H and O–H groups in total. The number of para-hydroxylation sites is 1. The Balaban J connectivity index is 1.57.